The van der Waals surface area contributed by atoms with E-state index in [9.17, 15) is 14.7 Å². The van der Waals surface area contributed by atoms with Gasteiger partial charge in [-0.2, -0.15) is 0 Å². The Bertz CT molecular complexity index is 1110. The van der Waals surface area contributed by atoms with Crippen LogP contribution in [0.5, 0.6) is 5.95 Å². The summed E-state index contributed by atoms with van der Waals surface area (Å²) in [5.41, 5.74) is 2.07. The van der Waals surface area contributed by atoms with Gasteiger partial charge in [-0.05, 0) is 54.6 Å². The number of anilines is 1. The summed E-state index contributed by atoms with van der Waals surface area (Å²) >= 11 is 2.47. The highest BCUT2D eigenvalue weighted by Crippen LogP contribution is 2.39. The first-order chi connectivity index (χ1) is 15.0. The lowest BCUT2D eigenvalue weighted by molar-refractivity contribution is -0.705. The molecule has 4 rings (SSSR count). The summed E-state index contributed by atoms with van der Waals surface area (Å²) in [5.74, 6) is -1.39. The van der Waals surface area contributed by atoms with E-state index in [-0.39, 0.29) is 10.9 Å². The van der Waals surface area contributed by atoms with Gasteiger partial charge < -0.3 is 19.7 Å². The number of thiophene rings is 1. The zero-order valence-electron chi connectivity index (χ0n) is 17.0. The minimum atomic E-state index is -0.633. The van der Waals surface area contributed by atoms with Crippen molar-refractivity contribution in [3.05, 3.63) is 46.3 Å². The molecule has 0 aliphatic heterocycles. The first-order valence-electron chi connectivity index (χ1n) is 9.84. The number of hydrogen-bond acceptors (Lipinski definition) is 8. The van der Waals surface area contributed by atoms with Crippen molar-refractivity contribution in [2.24, 2.45) is 0 Å². The second-order valence-corrected chi connectivity index (χ2v) is 9.50. The molecule has 1 amide bonds. The number of amides is 1. The number of benzene rings is 1. The number of esters is 1. The van der Waals surface area contributed by atoms with Crippen LogP contribution in [0, 0.1) is 0 Å². The second kappa shape index (κ2) is 9.11. The number of carbonyl (C=O) groups is 2. The van der Waals surface area contributed by atoms with Crippen molar-refractivity contribution in [3.63, 3.8) is 0 Å². The van der Waals surface area contributed by atoms with Crippen LogP contribution < -0.4 is 15.1 Å². The van der Waals surface area contributed by atoms with Gasteiger partial charge >= 0.3 is 5.97 Å². The predicted octanol–water partition coefficient (Wildman–Crippen LogP) is 2.87. The van der Waals surface area contributed by atoms with E-state index in [1.165, 1.54) is 23.1 Å². The first kappa shape index (κ1) is 21.4. The molecular weight excluding hydrogens is 438 g/mol. The molecule has 1 aliphatic carbocycles. The molecule has 0 radical (unpaired) electrons. The first-order valence-corrected chi connectivity index (χ1v) is 11.5. The number of rotatable bonds is 6. The van der Waals surface area contributed by atoms with Crippen LogP contribution >= 0.6 is 23.1 Å². The zero-order valence-corrected chi connectivity index (χ0v) is 18.7. The number of nitrogens with zero attached hydrogens (tertiary/aromatic N) is 2. The van der Waals surface area contributed by atoms with Crippen LogP contribution in [0.25, 0.3) is 5.69 Å². The molecule has 0 spiro atoms. The molecule has 1 N–H and O–H groups in total. The monoisotopic (exact) mass is 459 g/mol. The predicted molar refractivity (Wildman–Crippen MR) is 114 cm³/mol. The number of thioether (sulfide) groups is 1. The zero-order chi connectivity index (χ0) is 22.0. The Kier molecular flexibility index (Phi) is 6.28. The number of carbonyl (C=O) groups excluding carboxylic acids is 2. The van der Waals surface area contributed by atoms with E-state index in [4.69, 9.17) is 9.26 Å². The van der Waals surface area contributed by atoms with Gasteiger partial charge in [0, 0.05) is 17.0 Å². The van der Waals surface area contributed by atoms with Crippen molar-refractivity contribution >= 4 is 40.0 Å². The van der Waals surface area contributed by atoms with Crippen LogP contribution in [0.2, 0.25) is 0 Å². The number of aromatic nitrogens is 2. The van der Waals surface area contributed by atoms with E-state index in [0.717, 1.165) is 47.9 Å². The standard InChI is InChI=1S/C21H21N3O5S2/c1-12(30-19-21(27)29-23-24(19)13-8-4-3-5-9-13)17(25)22-18-16(20(26)28-2)14-10-6-7-11-15(14)31-18/h3-5,8-9,12H,6-7,10-11H2,1-2H3,(H-,22,23,25,26,27). The van der Waals surface area contributed by atoms with Crippen molar-refractivity contribution in [3.8, 4) is 11.6 Å². The third-order valence-electron chi connectivity index (χ3n) is 5.03. The van der Waals surface area contributed by atoms with Gasteiger partial charge in [-0.1, -0.05) is 18.2 Å². The van der Waals surface area contributed by atoms with Gasteiger partial charge in [-0.3, -0.25) is 4.79 Å². The Hall–Kier alpha value is -2.85. The minimum Gasteiger partial charge on any atom is -0.538 e. The Labute approximate surface area is 187 Å². The molecule has 1 aliphatic rings. The molecule has 1 unspecified atom stereocenters. The van der Waals surface area contributed by atoms with E-state index in [1.54, 1.807) is 19.1 Å². The van der Waals surface area contributed by atoms with E-state index in [0.29, 0.717) is 16.3 Å². The van der Waals surface area contributed by atoms with Gasteiger partial charge in [0.25, 0.3) is 5.03 Å². The highest BCUT2D eigenvalue weighted by molar-refractivity contribution is 8.00. The maximum atomic E-state index is 12.9. The summed E-state index contributed by atoms with van der Waals surface area (Å²) in [6.07, 6.45) is 3.76. The van der Waals surface area contributed by atoms with Crippen LogP contribution in [-0.2, 0) is 22.4 Å². The van der Waals surface area contributed by atoms with Crippen LogP contribution in [-0.4, -0.2) is 29.5 Å². The lowest BCUT2D eigenvalue weighted by Gasteiger charge is -2.12. The average molecular weight is 460 g/mol. The number of para-hydroxylation sites is 1. The van der Waals surface area contributed by atoms with Crippen LogP contribution in [0.3, 0.4) is 0 Å². The fraction of sp³-hybridized carbons (Fsp3) is 0.333. The quantitative estimate of drug-likeness (QED) is 0.343. The largest absolute Gasteiger partial charge is 0.538 e. The molecule has 10 heteroatoms. The number of methoxy groups -OCH3 is 1. The molecule has 1 aromatic carbocycles. The van der Waals surface area contributed by atoms with Crippen LogP contribution in [0.4, 0.5) is 5.00 Å². The number of ether oxygens (including phenoxy) is 1. The summed E-state index contributed by atoms with van der Waals surface area (Å²) in [6, 6.07) is 9.06. The molecule has 0 saturated heterocycles. The molecule has 8 nitrogen and oxygen atoms in total. The Balaban J connectivity index is 1.55. The maximum absolute atomic E-state index is 12.9. The molecule has 0 bridgehead atoms. The number of hydrogen-bond donors (Lipinski definition) is 1. The van der Waals surface area contributed by atoms with Gasteiger partial charge in [-0.25, -0.2) is 4.79 Å². The fourth-order valence-corrected chi connectivity index (χ4v) is 5.63. The topological polar surface area (TPSA) is 108 Å². The van der Waals surface area contributed by atoms with Crippen molar-refractivity contribution < 1.29 is 28.6 Å². The molecule has 162 valence electrons. The molecule has 3 aromatic rings. The molecule has 0 saturated carbocycles. The Morgan fingerprint density at radius 3 is 2.77 bits per heavy atom. The van der Waals surface area contributed by atoms with E-state index >= 15 is 0 Å². The van der Waals surface area contributed by atoms with Crippen molar-refractivity contribution in [1.29, 1.82) is 0 Å². The molecule has 2 aromatic heterocycles. The van der Waals surface area contributed by atoms with Crippen molar-refractivity contribution in [2.75, 3.05) is 12.4 Å². The van der Waals surface area contributed by atoms with Crippen LogP contribution in [0.1, 0.15) is 40.6 Å². The van der Waals surface area contributed by atoms with Gasteiger partial charge in [0.1, 0.15) is 5.00 Å². The van der Waals surface area contributed by atoms with Gasteiger partial charge in [0.2, 0.25) is 11.6 Å². The summed E-state index contributed by atoms with van der Waals surface area (Å²) < 4.78 is 11.1. The minimum absolute atomic E-state index is 0.201. The van der Waals surface area contributed by atoms with E-state index < -0.39 is 17.2 Å². The lowest BCUT2D eigenvalue weighted by atomic mass is 9.95. The lowest BCUT2D eigenvalue weighted by Crippen LogP contribution is -2.36. The molecule has 31 heavy (non-hydrogen) atoms. The van der Waals surface area contributed by atoms with Crippen LogP contribution in [0.15, 0.2) is 39.9 Å². The molecular formula is C21H21N3O5S2. The van der Waals surface area contributed by atoms with E-state index in [2.05, 4.69) is 10.6 Å². The van der Waals surface area contributed by atoms with Gasteiger partial charge in [0.05, 0.1) is 23.2 Å². The summed E-state index contributed by atoms with van der Waals surface area (Å²) in [6.45, 7) is 1.69. The van der Waals surface area contributed by atoms with Crippen molar-refractivity contribution in [2.45, 2.75) is 42.9 Å². The summed E-state index contributed by atoms with van der Waals surface area (Å²) in [4.78, 5) is 26.4. The maximum Gasteiger partial charge on any atom is 0.341 e. The third-order valence-corrected chi connectivity index (χ3v) is 7.37. The SMILES string of the molecule is COC(=O)c1c(NC(=O)C(C)Sc2c([O-])on[n+]2-c2ccccc2)sc2c1CCCC2. The Morgan fingerprint density at radius 2 is 2.03 bits per heavy atom. The number of aryl methyl sites for hydroxylation is 1. The van der Waals surface area contributed by atoms with E-state index in [1.807, 2.05) is 18.2 Å². The number of fused-ring (bicyclic) bond motifs is 1. The average Bonchev–Trinajstić information content (AvgIpc) is 3.33. The highest BCUT2D eigenvalue weighted by atomic mass is 32.2. The smallest absolute Gasteiger partial charge is 0.341 e. The highest BCUT2D eigenvalue weighted by Gasteiger charge is 2.30. The van der Waals surface area contributed by atoms with Crippen molar-refractivity contribution in [1.82, 2.24) is 5.27 Å². The molecule has 2 heterocycles. The third kappa shape index (κ3) is 4.31. The fourth-order valence-electron chi connectivity index (χ4n) is 3.48. The van der Waals surface area contributed by atoms with Gasteiger partial charge in [0.15, 0.2) is 5.95 Å². The Morgan fingerprint density at radius 1 is 1.29 bits per heavy atom. The molecule has 0 fully saturated rings. The summed E-state index contributed by atoms with van der Waals surface area (Å²) in [5, 5.41) is 18.9. The normalized spacial score (nSPS) is 14.0. The number of nitrogens with one attached hydrogen (secondary N) is 1. The summed E-state index contributed by atoms with van der Waals surface area (Å²) in [7, 11) is 1.34. The molecule has 1 atom stereocenters. The second-order valence-electron chi connectivity index (χ2n) is 7.07. The van der Waals surface area contributed by atoms with Gasteiger partial charge in [-0.15, -0.1) is 11.3 Å².